The number of anilines is 1. The minimum absolute atomic E-state index is 0.108. The van der Waals surface area contributed by atoms with Crippen LogP contribution in [0.3, 0.4) is 0 Å². The van der Waals surface area contributed by atoms with Crippen molar-refractivity contribution in [3.63, 3.8) is 0 Å². The SMILES string of the molecule is Cc1occc1-c1nnc(S[C@@H](C)C(=O)N2CCCc3ccccc32)n1C. The molecule has 0 unspecified atom stereocenters. The number of carbonyl (C=O) groups excluding carboxylic acids is 1. The molecule has 0 N–H and O–H groups in total. The number of hydrogen-bond acceptors (Lipinski definition) is 5. The van der Waals surface area contributed by atoms with E-state index >= 15 is 0 Å². The molecule has 6 nitrogen and oxygen atoms in total. The molecule has 0 fully saturated rings. The van der Waals surface area contributed by atoms with E-state index in [-0.39, 0.29) is 11.2 Å². The number of thioether (sulfide) groups is 1. The lowest BCUT2D eigenvalue weighted by molar-refractivity contribution is -0.117. The molecule has 3 aromatic rings. The number of hydrogen-bond donors (Lipinski definition) is 0. The van der Waals surface area contributed by atoms with Gasteiger partial charge in [-0.3, -0.25) is 4.79 Å². The van der Waals surface area contributed by atoms with E-state index in [1.54, 1.807) is 6.26 Å². The van der Waals surface area contributed by atoms with E-state index in [4.69, 9.17) is 4.42 Å². The molecule has 1 aromatic carbocycles. The fraction of sp³-hybridized carbons (Fsp3) is 0.350. The number of furan rings is 1. The number of amides is 1. The van der Waals surface area contributed by atoms with Gasteiger partial charge < -0.3 is 13.9 Å². The summed E-state index contributed by atoms with van der Waals surface area (Å²) in [6.45, 7) is 4.59. The van der Waals surface area contributed by atoms with Gasteiger partial charge >= 0.3 is 0 Å². The molecule has 1 aliphatic rings. The summed E-state index contributed by atoms with van der Waals surface area (Å²) in [5, 5.41) is 9.04. The Morgan fingerprint density at radius 2 is 2.07 bits per heavy atom. The third-order valence-corrected chi connectivity index (χ3v) is 6.06. The van der Waals surface area contributed by atoms with E-state index in [9.17, 15) is 4.79 Å². The van der Waals surface area contributed by atoms with Gasteiger partial charge in [0.2, 0.25) is 5.91 Å². The summed E-state index contributed by atoms with van der Waals surface area (Å²) in [5.41, 5.74) is 3.19. The van der Waals surface area contributed by atoms with Gasteiger partial charge in [-0.2, -0.15) is 0 Å². The van der Waals surface area contributed by atoms with Gasteiger partial charge in [-0.05, 0) is 44.4 Å². The van der Waals surface area contributed by atoms with E-state index in [0.29, 0.717) is 0 Å². The first kappa shape index (κ1) is 17.9. The Bertz CT molecular complexity index is 978. The van der Waals surface area contributed by atoms with Crippen LogP contribution in [0.25, 0.3) is 11.4 Å². The lowest BCUT2D eigenvalue weighted by atomic mass is 10.0. The molecule has 1 atom stereocenters. The maximum atomic E-state index is 13.1. The minimum Gasteiger partial charge on any atom is -0.469 e. The molecule has 1 amide bonds. The Kier molecular flexibility index (Phi) is 4.78. The molecule has 0 bridgehead atoms. The number of fused-ring (bicyclic) bond motifs is 1. The molecule has 0 radical (unpaired) electrons. The van der Waals surface area contributed by atoms with Crippen LogP contribution >= 0.6 is 11.8 Å². The quantitative estimate of drug-likeness (QED) is 0.642. The first-order chi connectivity index (χ1) is 13.1. The lowest BCUT2D eigenvalue weighted by Crippen LogP contribution is -2.40. The third-order valence-electron chi connectivity index (χ3n) is 4.94. The van der Waals surface area contributed by atoms with Crippen molar-refractivity contribution >= 4 is 23.4 Å². The number of nitrogens with zero attached hydrogens (tertiary/aromatic N) is 4. The summed E-state index contributed by atoms with van der Waals surface area (Å²) in [6.07, 6.45) is 3.66. The fourth-order valence-electron chi connectivity index (χ4n) is 3.46. The van der Waals surface area contributed by atoms with Gasteiger partial charge in [0.15, 0.2) is 11.0 Å². The maximum absolute atomic E-state index is 13.1. The first-order valence-electron chi connectivity index (χ1n) is 9.06. The van der Waals surface area contributed by atoms with Crippen molar-refractivity contribution in [1.29, 1.82) is 0 Å². The van der Waals surface area contributed by atoms with Crippen molar-refractivity contribution in [3.8, 4) is 11.4 Å². The average molecular weight is 382 g/mol. The average Bonchev–Trinajstić information content (AvgIpc) is 3.26. The molecule has 7 heteroatoms. The highest BCUT2D eigenvalue weighted by Gasteiger charge is 2.28. The van der Waals surface area contributed by atoms with Gasteiger partial charge in [0.05, 0.1) is 17.1 Å². The normalized spacial score (nSPS) is 14.9. The Morgan fingerprint density at radius 3 is 2.85 bits per heavy atom. The van der Waals surface area contributed by atoms with Crippen LogP contribution in [0.2, 0.25) is 0 Å². The van der Waals surface area contributed by atoms with Gasteiger partial charge in [-0.25, -0.2) is 0 Å². The zero-order valence-electron chi connectivity index (χ0n) is 15.7. The summed E-state index contributed by atoms with van der Waals surface area (Å²) in [5.74, 6) is 1.65. The van der Waals surface area contributed by atoms with Crippen LogP contribution in [0.1, 0.15) is 24.7 Å². The van der Waals surface area contributed by atoms with E-state index in [1.807, 2.05) is 54.6 Å². The van der Waals surface area contributed by atoms with E-state index < -0.39 is 0 Å². The zero-order chi connectivity index (χ0) is 19.0. The standard InChI is InChI=1S/C20H22N4O2S/c1-13-16(10-12-26-13)18-21-22-20(23(18)3)27-14(2)19(25)24-11-6-8-15-7-4-5-9-17(15)24/h4-5,7,9-10,12,14H,6,8,11H2,1-3H3/t14-/m0/s1. The van der Waals surface area contributed by atoms with Crippen molar-refractivity contribution in [3.05, 3.63) is 47.9 Å². The second-order valence-electron chi connectivity index (χ2n) is 6.74. The number of rotatable bonds is 4. The van der Waals surface area contributed by atoms with Crippen LogP contribution in [0.4, 0.5) is 5.69 Å². The number of para-hydroxylation sites is 1. The van der Waals surface area contributed by atoms with Crippen LogP contribution in [-0.2, 0) is 18.3 Å². The predicted octanol–water partition coefficient (Wildman–Crippen LogP) is 3.84. The molecular formula is C20H22N4O2S. The van der Waals surface area contributed by atoms with E-state index in [2.05, 4.69) is 16.3 Å². The molecule has 27 heavy (non-hydrogen) atoms. The molecule has 1 aliphatic heterocycles. The second kappa shape index (κ2) is 7.23. The van der Waals surface area contributed by atoms with Crippen molar-refractivity contribution in [2.24, 2.45) is 7.05 Å². The summed E-state index contributed by atoms with van der Waals surface area (Å²) in [4.78, 5) is 15.0. The van der Waals surface area contributed by atoms with Crippen LogP contribution in [0.5, 0.6) is 0 Å². The lowest BCUT2D eigenvalue weighted by Gasteiger charge is -2.31. The van der Waals surface area contributed by atoms with Crippen LogP contribution in [-0.4, -0.2) is 32.5 Å². The fourth-order valence-corrected chi connectivity index (χ4v) is 4.34. The molecule has 140 valence electrons. The molecule has 2 aromatic heterocycles. The van der Waals surface area contributed by atoms with E-state index in [1.165, 1.54) is 17.3 Å². The van der Waals surface area contributed by atoms with Crippen molar-refractivity contribution in [2.75, 3.05) is 11.4 Å². The summed E-state index contributed by atoms with van der Waals surface area (Å²) < 4.78 is 7.28. The molecular weight excluding hydrogens is 360 g/mol. The highest BCUT2D eigenvalue weighted by molar-refractivity contribution is 8.00. The van der Waals surface area contributed by atoms with Gasteiger partial charge in [-0.1, -0.05) is 30.0 Å². The Morgan fingerprint density at radius 1 is 1.26 bits per heavy atom. The first-order valence-corrected chi connectivity index (χ1v) is 9.94. The molecule has 3 heterocycles. The van der Waals surface area contributed by atoms with Crippen LogP contribution in [0.15, 0.2) is 46.2 Å². The summed E-state index contributed by atoms with van der Waals surface area (Å²) in [7, 11) is 1.91. The number of carbonyl (C=O) groups is 1. The van der Waals surface area contributed by atoms with Gasteiger partial charge in [0.25, 0.3) is 0 Å². The zero-order valence-corrected chi connectivity index (χ0v) is 16.5. The predicted molar refractivity (Wildman–Crippen MR) is 106 cm³/mol. The number of aromatic nitrogens is 3. The maximum Gasteiger partial charge on any atom is 0.240 e. The monoisotopic (exact) mass is 382 g/mol. The van der Waals surface area contributed by atoms with Crippen molar-refractivity contribution in [2.45, 2.75) is 37.1 Å². The topological polar surface area (TPSA) is 64.2 Å². The molecule has 4 rings (SSSR count). The molecule has 0 saturated heterocycles. The molecule has 0 aliphatic carbocycles. The largest absolute Gasteiger partial charge is 0.469 e. The number of aryl methyl sites for hydroxylation is 2. The van der Waals surface area contributed by atoms with Crippen molar-refractivity contribution in [1.82, 2.24) is 14.8 Å². The summed E-state index contributed by atoms with van der Waals surface area (Å²) >= 11 is 1.44. The van der Waals surface area contributed by atoms with Gasteiger partial charge in [0, 0.05) is 19.3 Å². The Balaban J connectivity index is 1.54. The molecule has 0 spiro atoms. The van der Waals surface area contributed by atoms with Crippen LogP contribution in [0, 0.1) is 6.92 Å². The highest BCUT2D eigenvalue weighted by atomic mass is 32.2. The smallest absolute Gasteiger partial charge is 0.240 e. The number of benzene rings is 1. The van der Waals surface area contributed by atoms with Gasteiger partial charge in [-0.15, -0.1) is 10.2 Å². The third kappa shape index (κ3) is 3.27. The minimum atomic E-state index is -0.252. The van der Waals surface area contributed by atoms with Crippen molar-refractivity contribution < 1.29 is 9.21 Å². The Hall–Kier alpha value is -2.54. The summed E-state index contributed by atoms with van der Waals surface area (Å²) in [6, 6.07) is 10.0. The van der Waals surface area contributed by atoms with E-state index in [0.717, 1.165) is 47.4 Å². The van der Waals surface area contributed by atoms with Crippen LogP contribution < -0.4 is 4.90 Å². The Labute approximate surface area is 162 Å². The second-order valence-corrected chi connectivity index (χ2v) is 8.05. The molecule has 0 saturated carbocycles. The highest BCUT2D eigenvalue weighted by Crippen LogP contribution is 2.32. The van der Waals surface area contributed by atoms with Gasteiger partial charge in [0.1, 0.15) is 5.76 Å².